The molecule has 8 nitrogen and oxygen atoms in total. The summed E-state index contributed by atoms with van der Waals surface area (Å²) < 4.78 is 10.9. The summed E-state index contributed by atoms with van der Waals surface area (Å²) in [5, 5.41) is 17.2. The molecule has 3 heterocycles. The summed E-state index contributed by atoms with van der Waals surface area (Å²) >= 11 is 1.49. The van der Waals surface area contributed by atoms with Gasteiger partial charge in [-0.3, -0.25) is 4.79 Å². The van der Waals surface area contributed by atoms with Crippen molar-refractivity contribution in [2.24, 2.45) is 0 Å². The lowest BCUT2D eigenvalue weighted by Crippen LogP contribution is -2.24. The van der Waals surface area contributed by atoms with Crippen LogP contribution in [-0.2, 0) is 14.3 Å². The van der Waals surface area contributed by atoms with E-state index in [0.717, 1.165) is 41.7 Å². The zero-order valence-electron chi connectivity index (χ0n) is 16.7. The molecule has 2 aromatic rings. The quantitative estimate of drug-likeness (QED) is 0.713. The molecule has 0 aromatic carbocycles. The number of hydrogen-bond acceptors (Lipinski definition) is 7. The molecule has 0 atom stereocenters. The molecule has 0 unspecified atom stereocenters. The van der Waals surface area contributed by atoms with Gasteiger partial charge in [0.2, 0.25) is 0 Å². The average Bonchev–Trinajstić information content (AvgIpc) is 3.35. The van der Waals surface area contributed by atoms with Crippen LogP contribution in [0, 0.1) is 6.92 Å². The van der Waals surface area contributed by atoms with Crippen molar-refractivity contribution in [1.82, 2.24) is 10.1 Å². The Bertz CT molecular complexity index is 1050. The van der Waals surface area contributed by atoms with Gasteiger partial charge in [0.15, 0.2) is 5.82 Å². The molecule has 0 radical (unpaired) electrons. The van der Waals surface area contributed by atoms with Gasteiger partial charge in [-0.15, -0.1) is 11.3 Å². The van der Waals surface area contributed by atoms with E-state index in [4.69, 9.17) is 9.26 Å². The molecule has 0 spiro atoms. The zero-order chi connectivity index (χ0) is 20.8. The molecule has 9 heteroatoms. The normalized spacial score (nSPS) is 19.6. The Morgan fingerprint density at radius 3 is 2.50 bits per heavy atom. The van der Waals surface area contributed by atoms with Crippen LogP contribution in [0.1, 0.15) is 66.6 Å². The van der Waals surface area contributed by atoms with Crippen LogP contribution in [0.25, 0.3) is 11.5 Å². The number of carbonyl (C=O) groups excluding carboxylic acids is 1. The van der Waals surface area contributed by atoms with E-state index in [1.54, 1.807) is 0 Å². The van der Waals surface area contributed by atoms with Gasteiger partial charge in [0.05, 0.1) is 18.8 Å². The van der Waals surface area contributed by atoms with Crippen LogP contribution in [0.4, 0.5) is 5.00 Å². The van der Waals surface area contributed by atoms with Gasteiger partial charge in [0.1, 0.15) is 5.00 Å². The van der Waals surface area contributed by atoms with Crippen molar-refractivity contribution in [3.63, 3.8) is 0 Å². The van der Waals surface area contributed by atoms with E-state index >= 15 is 0 Å². The summed E-state index contributed by atoms with van der Waals surface area (Å²) in [5.74, 6) is 0.403. The predicted octanol–water partition coefficient (Wildman–Crippen LogP) is 3.99. The van der Waals surface area contributed by atoms with Gasteiger partial charge in [0.25, 0.3) is 11.8 Å². The molecule has 30 heavy (non-hydrogen) atoms. The monoisotopic (exact) mass is 429 g/mol. The summed E-state index contributed by atoms with van der Waals surface area (Å²) in [5.41, 5.74) is 2.33. The van der Waals surface area contributed by atoms with E-state index < -0.39 is 5.97 Å². The second kappa shape index (κ2) is 7.63. The van der Waals surface area contributed by atoms with Crippen LogP contribution in [-0.4, -0.2) is 40.3 Å². The third kappa shape index (κ3) is 3.45. The Kier molecular flexibility index (Phi) is 4.94. The molecule has 1 amide bonds. The molecule has 1 saturated carbocycles. The maximum absolute atomic E-state index is 13.0. The van der Waals surface area contributed by atoms with E-state index in [1.165, 1.54) is 11.3 Å². The van der Waals surface area contributed by atoms with Crippen molar-refractivity contribution in [2.45, 2.75) is 57.3 Å². The number of nitrogens with zero attached hydrogens (tertiary/aromatic N) is 2. The predicted molar refractivity (Wildman–Crippen MR) is 110 cm³/mol. The summed E-state index contributed by atoms with van der Waals surface area (Å²) in [6.45, 7) is 3.30. The minimum atomic E-state index is -1.01. The van der Waals surface area contributed by atoms with Gasteiger partial charge in [-0.2, -0.15) is 4.98 Å². The fourth-order valence-corrected chi connectivity index (χ4v) is 5.33. The van der Waals surface area contributed by atoms with E-state index in [0.29, 0.717) is 54.3 Å². The Morgan fingerprint density at radius 2 is 1.87 bits per heavy atom. The molecule has 2 N–H and O–H groups in total. The van der Waals surface area contributed by atoms with Gasteiger partial charge >= 0.3 is 5.97 Å². The third-order valence-corrected chi connectivity index (χ3v) is 7.39. The molecule has 0 bridgehead atoms. The first-order valence-corrected chi connectivity index (χ1v) is 11.2. The lowest BCUT2D eigenvalue weighted by molar-refractivity contribution is -0.133. The number of hydrogen-bond donors (Lipinski definition) is 2. The fraction of sp³-hybridized carbons (Fsp3) is 0.524. The maximum atomic E-state index is 13.0. The van der Waals surface area contributed by atoms with Gasteiger partial charge in [-0.1, -0.05) is 5.16 Å². The van der Waals surface area contributed by atoms with Gasteiger partial charge in [-0.25, -0.2) is 4.79 Å². The van der Waals surface area contributed by atoms with Crippen molar-refractivity contribution >= 4 is 28.2 Å². The minimum Gasteiger partial charge on any atom is -0.478 e. The van der Waals surface area contributed by atoms with E-state index in [9.17, 15) is 14.7 Å². The van der Waals surface area contributed by atoms with Crippen molar-refractivity contribution in [2.75, 3.05) is 18.5 Å². The number of anilines is 1. The first-order chi connectivity index (χ1) is 14.5. The molecular weight excluding hydrogens is 406 g/mol. The summed E-state index contributed by atoms with van der Waals surface area (Å²) in [4.78, 5) is 30.4. The lowest BCUT2D eigenvalue weighted by Gasteiger charge is -2.25. The van der Waals surface area contributed by atoms with Gasteiger partial charge in [-0.05, 0) is 51.0 Å². The van der Waals surface area contributed by atoms with Crippen LogP contribution in [0.2, 0.25) is 0 Å². The van der Waals surface area contributed by atoms with Crippen molar-refractivity contribution in [3.8, 4) is 11.5 Å². The molecule has 2 fully saturated rings. The van der Waals surface area contributed by atoms with Crippen LogP contribution >= 0.6 is 11.3 Å². The summed E-state index contributed by atoms with van der Waals surface area (Å²) in [7, 11) is 0. The Morgan fingerprint density at radius 1 is 1.13 bits per heavy atom. The Hall–Kier alpha value is -2.52. The smallest absolute Gasteiger partial charge is 0.332 e. The van der Waals surface area contributed by atoms with E-state index in [2.05, 4.69) is 15.5 Å². The van der Waals surface area contributed by atoms with E-state index in [-0.39, 0.29) is 17.4 Å². The van der Waals surface area contributed by atoms with Gasteiger partial charge < -0.3 is 19.7 Å². The number of aliphatic carboxylic acids is 1. The first-order valence-electron chi connectivity index (χ1n) is 10.3. The summed E-state index contributed by atoms with van der Waals surface area (Å²) in [6, 6.07) is 0. The SMILES string of the molecule is Cc1c(C2COC2)sc(NC(=O)C2=C(C(=O)O)CCCC2)c1-c1nc(C2CC2)no1. The molecular formula is C21H23N3O5S. The second-order valence-electron chi connectivity index (χ2n) is 8.19. The topological polar surface area (TPSA) is 115 Å². The zero-order valence-corrected chi connectivity index (χ0v) is 17.5. The molecule has 3 aliphatic rings. The maximum Gasteiger partial charge on any atom is 0.332 e. The molecule has 2 aliphatic carbocycles. The lowest BCUT2D eigenvalue weighted by atomic mass is 9.91. The highest BCUT2D eigenvalue weighted by molar-refractivity contribution is 7.17. The third-order valence-electron chi connectivity index (χ3n) is 6.02. The van der Waals surface area contributed by atoms with Crippen molar-refractivity contribution in [1.29, 1.82) is 0 Å². The van der Waals surface area contributed by atoms with Crippen molar-refractivity contribution < 1.29 is 24.0 Å². The standard InChI is InChI=1S/C21H23N3O5S/c1-10-15(19-22-17(24-29-19)11-6-7-11)20(30-16(10)12-8-28-9-12)23-18(25)13-4-2-3-5-14(13)21(26)27/h11-12H,2-9H2,1H3,(H,23,25)(H,26,27). The molecule has 2 aromatic heterocycles. The number of carboxylic acid groups (broad SMARTS) is 1. The number of ether oxygens (including phenoxy) is 1. The van der Waals surface area contributed by atoms with E-state index in [1.807, 2.05) is 6.92 Å². The summed E-state index contributed by atoms with van der Waals surface area (Å²) in [6.07, 6.45) is 4.65. The van der Waals surface area contributed by atoms with Gasteiger partial charge in [0, 0.05) is 27.9 Å². The van der Waals surface area contributed by atoms with Crippen LogP contribution in [0.15, 0.2) is 15.7 Å². The molecule has 158 valence electrons. The number of carboxylic acids is 1. The number of thiophene rings is 1. The number of nitrogens with one attached hydrogen (secondary N) is 1. The minimum absolute atomic E-state index is 0.218. The highest BCUT2D eigenvalue weighted by atomic mass is 32.1. The van der Waals surface area contributed by atoms with Crippen LogP contribution in [0.3, 0.4) is 0 Å². The number of aromatic nitrogens is 2. The molecule has 1 saturated heterocycles. The molecule has 1 aliphatic heterocycles. The number of amides is 1. The first kappa shape index (κ1) is 19.4. The highest BCUT2D eigenvalue weighted by Gasteiger charge is 2.33. The average molecular weight is 429 g/mol. The van der Waals surface area contributed by atoms with Crippen LogP contribution in [0.5, 0.6) is 0 Å². The number of carbonyl (C=O) groups is 2. The second-order valence-corrected chi connectivity index (χ2v) is 9.24. The Balaban J connectivity index is 1.51. The largest absolute Gasteiger partial charge is 0.478 e. The highest BCUT2D eigenvalue weighted by Crippen LogP contribution is 2.46. The molecule has 5 rings (SSSR count). The van der Waals surface area contributed by atoms with Crippen LogP contribution < -0.4 is 5.32 Å². The van der Waals surface area contributed by atoms with Crippen molar-refractivity contribution in [3.05, 3.63) is 27.4 Å². The number of rotatable bonds is 6. The fourth-order valence-electron chi connectivity index (χ4n) is 4.07. The Labute approximate surface area is 177 Å².